The number of H-pyrrole nitrogens is 1. The number of carboxylic acid groups (broad SMARTS) is 1. The van der Waals surface area contributed by atoms with Gasteiger partial charge in [0.05, 0.1) is 12.6 Å². The highest BCUT2D eigenvalue weighted by molar-refractivity contribution is 5.85. The number of ether oxygens (including phenoxy) is 2. The van der Waals surface area contributed by atoms with Gasteiger partial charge < -0.3 is 24.5 Å². The van der Waals surface area contributed by atoms with Crippen molar-refractivity contribution in [2.24, 2.45) is 0 Å². The Bertz CT molecular complexity index is 1540. The number of unbranched alkanes of at least 4 members (excludes halogenated alkanes) is 3. The minimum atomic E-state index is -1.59. The number of alkyl halides is 1. The van der Waals surface area contributed by atoms with E-state index in [1.54, 1.807) is 25.7 Å². The lowest BCUT2D eigenvalue weighted by Gasteiger charge is -2.43. The predicted molar refractivity (Wildman–Crippen MR) is 180 cm³/mol. The Kier molecular flexibility index (Phi) is 12.1. The minimum absolute atomic E-state index is 0.00653. The van der Waals surface area contributed by atoms with Gasteiger partial charge in [-0.15, -0.1) is 0 Å². The number of hydrogen-bond acceptors (Lipinski definition) is 5. The van der Waals surface area contributed by atoms with Gasteiger partial charge >= 0.3 is 12.1 Å². The summed E-state index contributed by atoms with van der Waals surface area (Å²) >= 11 is 0. The molecule has 1 aliphatic rings. The molecule has 2 heterocycles. The molecule has 1 aromatic heterocycles. The summed E-state index contributed by atoms with van der Waals surface area (Å²) in [7, 11) is 0. The summed E-state index contributed by atoms with van der Waals surface area (Å²) in [4.78, 5) is 30.4. The number of carboxylic acids is 1. The Hall–Kier alpha value is -3.73. The highest BCUT2D eigenvalue weighted by Gasteiger charge is 2.41. The number of fused-ring (bicyclic) bond motifs is 3. The van der Waals surface area contributed by atoms with Crippen molar-refractivity contribution in [1.29, 1.82) is 0 Å². The number of carbonyl (C=O) groups is 2. The molecular formula is C37H50F3N3O5. The largest absolute Gasteiger partial charge is 0.493 e. The summed E-state index contributed by atoms with van der Waals surface area (Å²) in [5.74, 6) is -2.33. The summed E-state index contributed by atoms with van der Waals surface area (Å²) in [5, 5.41) is 9.85. The van der Waals surface area contributed by atoms with E-state index in [-0.39, 0.29) is 36.9 Å². The van der Waals surface area contributed by atoms with Crippen molar-refractivity contribution in [2.45, 2.75) is 110 Å². The molecule has 2 aromatic carbocycles. The van der Waals surface area contributed by atoms with Crippen LogP contribution in [0.25, 0.3) is 10.9 Å². The zero-order chi connectivity index (χ0) is 35.2. The van der Waals surface area contributed by atoms with Crippen LogP contribution in [0.1, 0.15) is 103 Å². The first-order chi connectivity index (χ1) is 22.5. The van der Waals surface area contributed by atoms with Gasteiger partial charge in [0.2, 0.25) is 0 Å². The minimum Gasteiger partial charge on any atom is -0.493 e. The molecule has 0 bridgehead atoms. The van der Waals surface area contributed by atoms with E-state index in [9.17, 15) is 9.59 Å². The molecule has 0 saturated carbocycles. The second-order valence-electron chi connectivity index (χ2n) is 14.4. The van der Waals surface area contributed by atoms with Gasteiger partial charge in [0.1, 0.15) is 28.7 Å². The SMILES string of the molecule is C[C@@H]1Cc2c([nH]c3ccccc23)[C@@H](c2c(F)cc(OCCCCN(CCCCCC(=O)O)C(=O)OC(C)(C)C)cc2F)N1CC(C)(C)F. The van der Waals surface area contributed by atoms with Gasteiger partial charge in [-0.25, -0.2) is 18.0 Å². The Balaban J connectivity index is 1.44. The number of amides is 1. The quantitative estimate of drug-likeness (QED) is 0.157. The molecule has 48 heavy (non-hydrogen) atoms. The van der Waals surface area contributed by atoms with Crippen LogP contribution < -0.4 is 4.74 Å². The number of aliphatic carboxylic acids is 1. The van der Waals surface area contributed by atoms with Crippen LogP contribution in [-0.4, -0.2) is 75.5 Å². The number of nitrogens with one attached hydrogen (secondary N) is 1. The van der Waals surface area contributed by atoms with Gasteiger partial charge in [0.25, 0.3) is 0 Å². The molecule has 4 rings (SSSR count). The summed E-state index contributed by atoms with van der Waals surface area (Å²) in [5.41, 5.74) is 0.114. The fraction of sp³-hybridized carbons (Fsp3) is 0.568. The van der Waals surface area contributed by atoms with E-state index in [4.69, 9.17) is 14.6 Å². The van der Waals surface area contributed by atoms with Crippen molar-refractivity contribution in [2.75, 3.05) is 26.2 Å². The second kappa shape index (κ2) is 15.7. The fourth-order valence-electron chi connectivity index (χ4n) is 6.38. The van der Waals surface area contributed by atoms with E-state index >= 15 is 13.2 Å². The lowest BCUT2D eigenvalue weighted by Crippen LogP contribution is -2.48. The molecule has 11 heteroatoms. The van der Waals surface area contributed by atoms with Crippen LogP contribution in [0.4, 0.5) is 18.0 Å². The number of hydrogen-bond donors (Lipinski definition) is 2. The zero-order valence-corrected chi connectivity index (χ0v) is 29.0. The molecule has 0 fully saturated rings. The van der Waals surface area contributed by atoms with Crippen LogP contribution in [0.2, 0.25) is 0 Å². The zero-order valence-electron chi connectivity index (χ0n) is 29.0. The number of halogens is 3. The molecule has 8 nitrogen and oxygen atoms in total. The Morgan fingerprint density at radius 2 is 1.65 bits per heavy atom. The number of aromatic nitrogens is 1. The number of nitrogens with zero attached hydrogens (tertiary/aromatic N) is 2. The number of carbonyl (C=O) groups excluding carboxylic acids is 1. The van der Waals surface area contributed by atoms with E-state index in [1.807, 2.05) is 36.1 Å². The molecule has 3 aromatic rings. The standard InChI is InChI=1S/C37H50F3N3O5/c1-24-20-27-26-14-9-10-15-30(26)41-33(27)34(43(24)23-37(5,6)40)32-28(38)21-25(22-29(32)39)47-19-13-12-18-42(35(46)48-36(2,3)4)17-11-7-8-16-31(44)45/h9-10,14-15,21-22,24,34,41H,7-8,11-13,16-20,23H2,1-6H3,(H,44,45)/t24-,34-/m1/s1. The normalized spacial score (nSPS) is 16.9. The molecule has 2 atom stereocenters. The molecule has 2 N–H and O–H groups in total. The van der Waals surface area contributed by atoms with Crippen molar-refractivity contribution in [3.63, 3.8) is 0 Å². The van der Waals surface area contributed by atoms with E-state index < -0.39 is 41.0 Å². The number of para-hydroxylation sites is 1. The first-order valence-electron chi connectivity index (χ1n) is 16.9. The van der Waals surface area contributed by atoms with Gasteiger partial charge in [-0.05, 0) is 85.3 Å². The van der Waals surface area contributed by atoms with Gasteiger partial charge in [0, 0.05) is 66.4 Å². The van der Waals surface area contributed by atoms with Gasteiger partial charge in [-0.2, -0.15) is 0 Å². The maximum atomic E-state index is 16.0. The molecule has 0 unspecified atom stereocenters. The lowest BCUT2D eigenvalue weighted by molar-refractivity contribution is -0.137. The molecule has 0 radical (unpaired) electrons. The van der Waals surface area contributed by atoms with Crippen molar-refractivity contribution in [3.8, 4) is 5.75 Å². The van der Waals surface area contributed by atoms with Crippen LogP contribution in [0, 0.1) is 11.6 Å². The van der Waals surface area contributed by atoms with E-state index in [0.29, 0.717) is 57.3 Å². The van der Waals surface area contributed by atoms with Crippen LogP contribution >= 0.6 is 0 Å². The highest BCUT2D eigenvalue weighted by atomic mass is 19.1. The van der Waals surface area contributed by atoms with Gasteiger partial charge in [-0.1, -0.05) is 24.6 Å². The highest BCUT2D eigenvalue weighted by Crippen LogP contribution is 2.43. The number of rotatable bonds is 15. The lowest BCUT2D eigenvalue weighted by atomic mass is 9.87. The van der Waals surface area contributed by atoms with Crippen LogP contribution in [0.15, 0.2) is 36.4 Å². The average molecular weight is 674 g/mol. The number of aromatic amines is 1. The third-order valence-electron chi connectivity index (χ3n) is 8.46. The molecule has 0 spiro atoms. The molecule has 264 valence electrons. The van der Waals surface area contributed by atoms with Crippen molar-refractivity contribution in [1.82, 2.24) is 14.8 Å². The third-order valence-corrected chi connectivity index (χ3v) is 8.46. The van der Waals surface area contributed by atoms with Crippen molar-refractivity contribution in [3.05, 3.63) is 64.9 Å². The Morgan fingerprint density at radius 1 is 1.00 bits per heavy atom. The van der Waals surface area contributed by atoms with Crippen molar-refractivity contribution < 1.29 is 37.3 Å². The molecule has 0 saturated heterocycles. The second-order valence-corrected chi connectivity index (χ2v) is 14.4. The average Bonchev–Trinajstić information content (AvgIpc) is 3.33. The van der Waals surface area contributed by atoms with E-state index in [0.717, 1.165) is 16.5 Å². The smallest absolute Gasteiger partial charge is 0.410 e. The molecular weight excluding hydrogens is 623 g/mol. The first-order valence-corrected chi connectivity index (χ1v) is 16.9. The molecule has 1 aliphatic heterocycles. The summed E-state index contributed by atoms with van der Waals surface area (Å²) in [6, 6.07) is 9.09. The van der Waals surface area contributed by atoms with Gasteiger partial charge in [0.15, 0.2) is 0 Å². The third kappa shape index (κ3) is 9.90. The molecule has 1 amide bonds. The maximum absolute atomic E-state index is 16.0. The predicted octanol–water partition coefficient (Wildman–Crippen LogP) is 8.57. The van der Waals surface area contributed by atoms with Crippen LogP contribution in [0.5, 0.6) is 5.75 Å². The van der Waals surface area contributed by atoms with Gasteiger partial charge in [-0.3, -0.25) is 9.69 Å². The topological polar surface area (TPSA) is 95.1 Å². The summed E-state index contributed by atoms with van der Waals surface area (Å²) in [6.07, 6.45) is 3.19. The maximum Gasteiger partial charge on any atom is 0.410 e. The summed E-state index contributed by atoms with van der Waals surface area (Å²) < 4.78 is 58.3. The molecule has 0 aliphatic carbocycles. The van der Waals surface area contributed by atoms with Crippen molar-refractivity contribution >= 4 is 23.0 Å². The first kappa shape index (κ1) is 37.1. The van der Waals surface area contributed by atoms with Crippen LogP contribution in [-0.2, 0) is 16.0 Å². The number of benzene rings is 2. The monoisotopic (exact) mass is 673 g/mol. The van der Waals surface area contributed by atoms with E-state index in [1.165, 1.54) is 26.0 Å². The Morgan fingerprint density at radius 3 is 2.27 bits per heavy atom. The Labute approximate surface area is 281 Å². The summed E-state index contributed by atoms with van der Waals surface area (Å²) in [6.45, 7) is 11.3. The van der Waals surface area contributed by atoms with E-state index in [2.05, 4.69) is 4.98 Å². The van der Waals surface area contributed by atoms with Crippen LogP contribution in [0.3, 0.4) is 0 Å². The fourth-order valence-corrected chi connectivity index (χ4v) is 6.38.